The first-order chi connectivity index (χ1) is 16.5. The van der Waals surface area contributed by atoms with Gasteiger partial charge in [-0.15, -0.1) is 11.3 Å². The van der Waals surface area contributed by atoms with Crippen LogP contribution in [0.15, 0.2) is 29.8 Å². The highest BCUT2D eigenvalue weighted by Crippen LogP contribution is 2.31. The molecule has 9 heteroatoms. The topological polar surface area (TPSA) is 68.5 Å². The molecular formula is C25H32N4O4S. The number of hydrogen-bond donors (Lipinski definition) is 0. The SMILES string of the molecule is Cc1nc2sccn2c1CN1CCOC(C(=O)N(Cc2ccc3c(c2)OCCO3)CC(C)C)C1. The lowest BCUT2D eigenvalue weighted by Crippen LogP contribution is -2.51. The molecule has 5 rings (SSSR count). The summed E-state index contributed by atoms with van der Waals surface area (Å²) in [6.07, 6.45) is 1.59. The number of benzene rings is 1. The lowest BCUT2D eigenvalue weighted by molar-refractivity contribution is -0.151. The summed E-state index contributed by atoms with van der Waals surface area (Å²) in [6, 6.07) is 5.92. The zero-order chi connectivity index (χ0) is 23.7. The summed E-state index contributed by atoms with van der Waals surface area (Å²) in [5, 5.41) is 2.05. The van der Waals surface area contributed by atoms with Crippen molar-refractivity contribution in [3.8, 4) is 11.5 Å². The van der Waals surface area contributed by atoms with E-state index in [2.05, 4.69) is 46.6 Å². The molecule has 0 radical (unpaired) electrons. The van der Waals surface area contributed by atoms with Crippen molar-refractivity contribution < 1.29 is 19.0 Å². The summed E-state index contributed by atoms with van der Waals surface area (Å²) < 4.78 is 19.5. The van der Waals surface area contributed by atoms with Crippen LogP contribution in [0.25, 0.3) is 4.96 Å². The van der Waals surface area contributed by atoms with Crippen molar-refractivity contribution in [1.29, 1.82) is 0 Å². The highest BCUT2D eigenvalue weighted by Gasteiger charge is 2.31. The van der Waals surface area contributed by atoms with Gasteiger partial charge in [0.05, 0.1) is 18.0 Å². The lowest BCUT2D eigenvalue weighted by atomic mass is 10.1. The molecule has 2 aromatic heterocycles. The molecule has 3 aromatic rings. The Bertz CT molecular complexity index is 1160. The fourth-order valence-electron chi connectivity index (χ4n) is 4.62. The van der Waals surface area contributed by atoms with E-state index in [1.165, 1.54) is 5.69 Å². The molecular weight excluding hydrogens is 452 g/mol. The van der Waals surface area contributed by atoms with Gasteiger partial charge >= 0.3 is 0 Å². The van der Waals surface area contributed by atoms with Crippen molar-refractivity contribution in [2.24, 2.45) is 5.92 Å². The van der Waals surface area contributed by atoms with E-state index in [-0.39, 0.29) is 5.91 Å². The number of amides is 1. The Balaban J connectivity index is 1.29. The second kappa shape index (κ2) is 9.93. The number of aryl methyl sites for hydroxylation is 1. The molecule has 182 valence electrons. The number of thiazole rings is 1. The smallest absolute Gasteiger partial charge is 0.253 e. The number of rotatable bonds is 7. The monoisotopic (exact) mass is 484 g/mol. The second-order valence-electron chi connectivity index (χ2n) is 9.38. The van der Waals surface area contributed by atoms with E-state index in [9.17, 15) is 4.79 Å². The molecule has 0 aliphatic carbocycles. The van der Waals surface area contributed by atoms with Crippen LogP contribution < -0.4 is 9.47 Å². The number of nitrogens with zero attached hydrogens (tertiary/aromatic N) is 4. The minimum Gasteiger partial charge on any atom is -0.486 e. The molecule has 2 aliphatic rings. The van der Waals surface area contributed by atoms with Gasteiger partial charge in [0.25, 0.3) is 5.91 Å². The molecule has 1 fully saturated rings. The van der Waals surface area contributed by atoms with Crippen LogP contribution in [0, 0.1) is 12.8 Å². The standard InChI is InChI=1S/C25H32N4O4S/c1-17(2)13-28(14-19-4-5-21-22(12-19)33-10-9-32-21)24(30)23-16-27(6-8-31-23)15-20-18(3)26-25-29(20)7-11-34-25/h4-5,7,11-12,17,23H,6,8-10,13-16H2,1-3H3. The molecule has 0 saturated carbocycles. The number of hydrogen-bond acceptors (Lipinski definition) is 7. The Morgan fingerprint density at radius 2 is 2.06 bits per heavy atom. The highest BCUT2D eigenvalue weighted by molar-refractivity contribution is 7.15. The molecule has 1 aromatic carbocycles. The first-order valence-corrected chi connectivity index (χ1v) is 12.8. The van der Waals surface area contributed by atoms with E-state index >= 15 is 0 Å². The minimum absolute atomic E-state index is 0.0407. The number of ether oxygens (including phenoxy) is 3. The summed E-state index contributed by atoms with van der Waals surface area (Å²) in [4.78, 5) is 23.5. The lowest BCUT2D eigenvalue weighted by Gasteiger charge is -2.35. The molecule has 1 atom stereocenters. The molecule has 8 nitrogen and oxygen atoms in total. The second-order valence-corrected chi connectivity index (χ2v) is 10.3. The predicted molar refractivity (Wildman–Crippen MR) is 131 cm³/mol. The van der Waals surface area contributed by atoms with E-state index in [4.69, 9.17) is 14.2 Å². The number of aromatic nitrogens is 2. The fourth-order valence-corrected chi connectivity index (χ4v) is 5.40. The molecule has 1 saturated heterocycles. The van der Waals surface area contributed by atoms with Gasteiger partial charge in [0, 0.05) is 44.3 Å². The van der Waals surface area contributed by atoms with Gasteiger partial charge in [0.15, 0.2) is 16.5 Å². The van der Waals surface area contributed by atoms with Crippen molar-refractivity contribution in [3.05, 3.63) is 46.7 Å². The van der Waals surface area contributed by atoms with Crippen LogP contribution in [-0.2, 0) is 22.6 Å². The number of carbonyl (C=O) groups is 1. The van der Waals surface area contributed by atoms with Crippen molar-refractivity contribution in [2.75, 3.05) is 39.5 Å². The number of imidazole rings is 1. The van der Waals surface area contributed by atoms with Gasteiger partial charge in [-0.05, 0) is 30.5 Å². The van der Waals surface area contributed by atoms with Gasteiger partial charge in [-0.25, -0.2) is 4.98 Å². The van der Waals surface area contributed by atoms with E-state index in [0.29, 0.717) is 45.4 Å². The third kappa shape index (κ3) is 4.92. The quantitative estimate of drug-likeness (QED) is 0.512. The Labute approximate surface area is 204 Å². The van der Waals surface area contributed by atoms with Crippen molar-refractivity contribution >= 4 is 22.2 Å². The van der Waals surface area contributed by atoms with Gasteiger partial charge in [0.2, 0.25) is 0 Å². The third-order valence-electron chi connectivity index (χ3n) is 6.24. The number of morpholine rings is 1. The molecule has 0 spiro atoms. The van der Waals surface area contributed by atoms with Gasteiger partial charge in [-0.1, -0.05) is 19.9 Å². The average Bonchev–Trinajstić information content (AvgIpc) is 3.40. The Morgan fingerprint density at radius 1 is 1.24 bits per heavy atom. The Kier molecular flexibility index (Phi) is 6.76. The van der Waals surface area contributed by atoms with Crippen LogP contribution in [-0.4, -0.2) is 70.7 Å². The normalized spacial score (nSPS) is 18.5. The third-order valence-corrected chi connectivity index (χ3v) is 6.99. The van der Waals surface area contributed by atoms with Crippen molar-refractivity contribution in [3.63, 3.8) is 0 Å². The maximum absolute atomic E-state index is 13.6. The van der Waals surface area contributed by atoms with Crippen LogP contribution in [0.3, 0.4) is 0 Å². The zero-order valence-corrected chi connectivity index (χ0v) is 20.8. The Hall–Kier alpha value is -2.62. The average molecular weight is 485 g/mol. The molecule has 1 amide bonds. The summed E-state index contributed by atoms with van der Waals surface area (Å²) in [5.74, 6) is 1.90. The number of fused-ring (bicyclic) bond motifs is 2. The van der Waals surface area contributed by atoms with Crippen molar-refractivity contribution in [1.82, 2.24) is 19.2 Å². The molecule has 0 bridgehead atoms. The van der Waals surface area contributed by atoms with Crippen LogP contribution in [0.5, 0.6) is 11.5 Å². The zero-order valence-electron chi connectivity index (χ0n) is 20.0. The maximum Gasteiger partial charge on any atom is 0.253 e. The van der Waals surface area contributed by atoms with E-state index in [1.54, 1.807) is 11.3 Å². The molecule has 34 heavy (non-hydrogen) atoms. The largest absolute Gasteiger partial charge is 0.486 e. The Morgan fingerprint density at radius 3 is 2.88 bits per heavy atom. The van der Waals surface area contributed by atoms with E-state index < -0.39 is 6.10 Å². The van der Waals surface area contributed by atoms with Crippen LogP contribution in [0.4, 0.5) is 0 Å². The van der Waals surface area contributed by atoms with Gasteiger partial charge in [0.1, 0.15) is 19.3 Å². The highest BCUT2D eigenvalue weighted by atomic mass is 32.1. The first-order valence-electron chi connectivity index (χ1n) is 11.9. The summed E-state index contributed by atoms with van der Waals surface area (Å²) >= 11 is 1.64. The van der Waals surface area contributed by atoms with Crippen LogP contribution in [0.1, 0.15) is 30.8 Å². The van der Waals surface area contributed by atoms with Crippen LogP contribution in [0.2, 0.25) is 0 Å². The first kappa shape index (κ1) is 23.1. The predicted octanol–water partition coefficient (Wildman–Crippen LogP) is 3.36. The molecule has 0 N–H and O–H groups in total. The van der Waals surface area contributed by atoms with Crippen molar-refractivity contribution in [2.45, 2.75) is 40.0 Å². The summed E-state index contributed by atoms with van der Waals surface area (Å²) in [5.41, 5.74) is 3.25. The minimum atomic E-state index is -0.476. The van der Waals surface area contributed by atoms with Gasteiger partial charge in [-0.2, -0.15) is 0 Å². The maximum atomic E-state index is 13.6. The summed E-state index contributed by atoms with van der Waals surface area (Å²) in [6.45, 7) is 11.3. The number of carbonyl (C=O) groups excluding carboxylic acids is 1. The molecule has 1 unspecified atom stereocenters. The molecule has 4 heterocycles. The van der Waals surface area contributed by atoms with Gasteiger partial charge in [-0.3, -0.25) is 14.1 Å². The van der Waals surface area contributed by atoms with Crippen LogP contribution >= 0.6 is 11.3 Å². The molecule has 2 aliphatic heterocycles. The fraction of sp³-hybridized carbons (Fsp3) is 0.520. The van der Waals surface area contributed by atoms with Gasteiger partial charge < -0.3 is 19.1 Å². The van der Waals surface area contributed by atoms with E-state index in [0.717, 1.165) is 40.8 Å². The van der Waals surface area contributed by atoms with E-state index in [1.807, 2.05) is 23.1 Å². The summed E-state index contributed by atoms with van der Waals surface area (Å²) in [7, 11) is 0.